The first-order valence-corrected chi connectivity index (χ1v) is 11.6. The van der Waals surface area contributed by atoms with Gasteiger partial charge in [-0.05, 0) is 23.8 Å². The number of hydrogen-bond acceptors (Lipinski definition) is 6. The van der Waals surface area contributed by atoms with Gasteiger partial charge in [-0.25, -0.2) is 13.2 Å². The van der Waals surface area contributed by atoms with Crippen molar-refractivity contribution >= 4 is 45.2 Å². The molecule has 1 saturated heterocycles. The molecule has 0 saturated carbocycles. The fraction of sp³-hybridized carbons (Fsp3) is 0.300. The van der Waals surface area contributed by atoms with Gasteiger partial charge in [0.05, 0.1) is 21.5 Å². The molecule has 1 heterocycles. The molecule has 8 nitrogen and oxygen atoms in total. The first-order chi connectivity index (χ1) is 14.8. The van der Waals surface area contributed by atoms with Crippen LogP contribution in [0, 0.1) is 0 Å². The summed E-state index contributed by atoms with van der Waals surface area (Å²) in [6.45, 7) is 1.11. The van der Waals surface area contributed by atoms with Crippen molar-refractivity contribution < 1.29 is 22.7 Å². The molecule has 0 aliphatic carbocycles. The standard InChI is InChI=1S/C20H21Cl2N3O5S/c21-17-7-6-16(12-18(17)22)31(28,29)25-10-8-24(9-11-25)13-19(26)23-20(27)30-14-15-4-2-1-3-5-15/h1-7,12H,8-11,13-14H2,(H,23,26,27). The van der Waals surface area contributed by atoms with Crippen LogP contribution in [0.25, 0.3) is 0 Å². The van der Waals surface area contributed by atoms with Crippen LogP contribution in [0.4, 0.5) is 4.79 Å². The molecule has 2 aromatic rings. The first kappa shape index (κ1) is 23.5. The predicted molar refractivity (Wildman–Crippen MR) is 116 cm³/mol. The highest BCUT2D eigenvalue weighted by Gasteiger charge is 2.29. The Bertz CT molecular complexity index is 1040. The molecule has 2 amide bonds. The van der Waals surface area contributed by atoms with Gasteiger partial charge in [0.2, 0.25) is 15.9 Å². The number of carbonyl (C=O) groups excluding carboxylic acids is 2. The van der Waals surface area contributed by atoms with Crippen molar-refractivity contribution in [2.75, 3.05) is 32.7 Å². The Morgan fingerprint density at radius 2 is 1.65 bits per heavy atom. The molecule has 1 N–H and O–H groups in total. The lowest BCUT2D eigenvalue weighted by atomic mass is 10.2. The lowest BCUT2D eigenvalue weighted by Crippen LogP contribution is -2.51. The number of ether oxygens (including phenoxy) is 1. The average Bonchev–Trinajstić information content (AvgIpc) is 2.75. The SMILES string of the molecule is O=C(CN1CCN(S(=O)(=O)c2ccc(Cl)c(Cl)c2)CC1)NC(=O)OCc1ccccc1. The topological polar surface area (TPSA) is 96.0 Å². The van der Waals surface area contributed by atoms with Gasteiger partial charge in [0.15, 0.2) is 0 Å². The molecule has 0 aromatic heterocycles. The number of sulfonamides is 1. The highest BCUT2D eigenvalue weighted by atomic mass is 35.5. The highest BCUT2D eigenvalue weighted by Crippen LogP contribution is 2.27. The van der Waals surface area contributed by atoms with Crippen LogP contribution < -0.4 is 5.32 Å². The Morgan fingerprint density at radius 3 is 2.29 bits per heavy atom. The van der Waals surface area contributed by atoms with Crippen LogP contribution in [0.2, 0.25) is 10.0 Å². The number of nitrogens with one attached hydrogen (secondary N) is 1. The van der Waals surface area contributed by atoms with Crippen molar-refractivity contribution in [2.45, 2.75) is 11.5 Å². The van der Waals surface area contributed by atoms with E-state index in [4.69, 9.17) is 27.9 Å². The zero-order valence-electron chi connectivity index (χ0n) is 16.5. The second-order valence-electron chi connectivity index (χ2n) is 6.87. The minimum absolute atomic E-state index is 0.0406. The second kappa shape index (κ2) is 10.4. The number of alkyl carbamates (subject to hydrolysis) is 1. The maximum absolute atomic E-state index is 12.8. The Balaban J connectivity index is 1.45. The third-order valence-electron chi connectivity index (χ3n) is 4.68. The maximum atomic E-state index is 12.8. The van der Waals surface area contributed by atoms with Gasteiger partial charge in [-0.1, -0.05) is 53.5 Å². The Morgan fingerprint density at radius 1 is 0.968 bits per heavy atom. The van der Waals surface area contributed by atoms with Gasteiger partial charge >= 0.3 is 6.09 Å². The van der Waals surface area contributed by atoms with E-state index in [1.165, 1.54) is 22.5 Å². The number of imide groups is 1. The van der Waals surface area contributed by atoms with Gasteiger partial charge in [0.1, 0.15) is 6.61 Å². The minimum atomic E-state index is -3.72. The first-order valence-electron chi connectivity index (χ1n) is 9.44. The van der Waals surface area contributed by atoms with Crippen LogP contribution in [0.1, 0.15) is 5.56 Å². The summed E-state index contributed by atoms with van der Waals surface area (Å²) in [6, 6.07) is 13.3. The third kappa shape index (κ3) is 6.41. The van der Waals surface area contributed by atoms with Crippen LogP contribution in [-0.2, 0) is 26.2 Å². The van der Waals surface area contributed by atoms with Crippen molar-refractivity contribution in [1.29, 1.82) is 0 Å². The van der Waals surface area contributed by atoms with Crippen LogP contribution >= 0.6 is 23.2 Å². The third-order valence-corrected chi connectivity index (χ3v) is 7.32. The number of amides is 2. The molecular formula is C20H21Cl2N3O5S. The summed E-state index contributed by atoms with van der Waals surface area (Å²) >= 11 is 11.8. The number of carbonyl (C=O) groups is 2. The zero-order chi connectivity index (χ0) is 22.4. The van der Waals surface area contributed by atoms with Crippen molar-refractivity contribution in [3.8, 4) is 0 Å². The molecule has 0 bridgehead atoms. The van der Waals surface area contributed by atoms with E-state index in [2.05, 4.69) is 5.32 Å². The van der Waals surface area contributed by atoms with E-state index in [0.29, 0.717) is 13.1 Å². The largest absolute Gasteiger partial charge is 0.444 e. The molecule has 11 heteroatoms. The summed E-state index contributed by atoms with van der Waals surface area (Å²) in [4.78, 5) is 25.7. The highest BCUT2D eigenvalue weighted by molar-refractivity contribution is 7.89. The van der Waals surface area contributed by atoms with E-state index in [1.807, 2.05) is 18.2 Å². The Hall–Kier alpha value is -2.17. The molecule has 31 heavy (non-hydrogen) atoms. The average molecular weight is 486 g/mol. The summed E-state index contributed by atoms with van der Waals surface area (Å²) < 4.78 is 31.9. The molecule has 0 atom stereocenters. The predicted octanol–water partition coefficient (Wildman–Crippen LogP) is 2.75. The van der Waals surface area contributed by atoms with E-state index in [9.17, 15) is 18.0 Å². The molecule has 1 aliphatic heterocycles. The summed E-state index contributed by atoms with van der Waals surface area (Å²) in [5.41, 5.74) is 0.810. The summed E-state index contributed by atoms with van der Waals surface area (Å²) in [5.74, 6) is -0.515. The van der Waals surface area contributed by atoms with Gasteiger partial charge in [-0.15, -0.1) is 0 Å². The number of hydrogen-bond donors (Lipinski definition) is 1. The fourth-order valence-corrected chi connectivity index (χ4v) is 4.84. The second-order valence-corrected chi connectivity index (χ2v) is 9.62. The van der Waals surface area contributed by atoms with E-state index in [-0.39, 0.29) is 41.2 Å². The van der Waals surface area contributed by atoms with Gasteiger partial charge in [0, 0.05) is 26.2 Å². The molecule has 0 unspecified atom stereocenters. The molecule has 1 fully saturated rings. The van der Waals surface area contributed by atoms with Gasteiger partial charge in [-0.2, -0.15) is 4.31 Å². The van der Waals surface area contributed by atoms with Crippen molar-refractivity contribution in [3.63, 3.8) is 0 Å². The van der Waals surface area contributed by atoms with Crippen LogP contribution in [-0.4, -0.2) is 62.3 Å². The summed E-state index contributed by atoms with van der Waals surface area (Å²) in [6.07, 6.45) is -0.824. The number of piperazine rings is 1. The molecule has 3 rings (SSSR count). The number of halogens is 2. The van der Waals surface area contributed by atoms with Crippen molar-refractivity contribution in [2.24, 2.45) is 0 Å². The van der Waals surface area contributed by atoms with E-state index >= 15 is 0 Å². The lowest BCUT2D eigenvalue weighted by Gasteiger charge is -2.33. The van der Waals surface area contributed by atoms with Gasteiger partial charge < -0.3 is 4.74 Å². The molecule has 0 radical (unpaired) electrons. The molecule has 0 spiro atoms. The maximum Gasteiger partial charge on any atom is 0.414 e. The van der Waals surface area contributed by atoms with E-state index in [1.54, 1.807) is 17.0 Å². The summed E-state index contributed by atoms with van der Waals surface area (Å²) in [7, 11) is -3.72. The summed E-state index contributed by atoms with van der Waals surface area (Å²) in [5, 5.41) is 2.62. The number of nitrogens with zero attached hydrogens (tertiary/aromatic N) is 2. The van der Waals surface area contributed by atoms with E-state index < -0.39 is 22.0 Å². The van der Waals surface area contributed by atoms with Gasteiger partial charge in [-0.3, -0.25) is 15.0 Å². The minimum Gasteiger partial charge on any atom is -0.444 e. The fourth-order valence-electron chi connectivity index (χ4n) is 3.03. The van der Waals surface area contributed by atoms with Crippen molar-refractivity contribution in [1.82, 2.24) is 14.5 Å². The van der Waals surface area contributed by atoms with E-state index in [0.717, 1.165) is 5.56 Å². The van der Waals surface area contributed by atoms with Gasteiger partial charge in [0.25, 0.3) is 0 Å². The molecule has 166 valence electrons. The smallest absolute Gasteiger partial charge is 0.414 e. The molecule has 1 aliphatic rings. The number of benzene rings is 2. The van der Waals surface area contributed by atoms with Crippen LogP contribution in [0.3, 0.4) is 0 Å². The quantitative estimate of drug-likeness (QED) is 0.675. The Labute approximate surface area is 190 Å². The zero-order valence-corrected chi connectivity index (χ0v) is 18.8. The molecule has 2 aromatic carbocycles. The Kier molecular flexibility index (Phi) is 7.90. The monoisotopic (exact) mass is 485 g/mol. The molecular weight excluding hydrogens is 465 g/mol. The van der Waals surface area contributed by atoms with Crippen LogP contribution in [0.5, 0.6) is 0 Å². The lowest BCUT2D eigenvalue weighted by molar-refractivity contribution is -0.121. The van der Waals surface area contributed by atoms with Crippen molar-refractivity contribution in [3.05, 3.63) is 64.1 Å². The number of rotatable bonds is 6. The van der Waals surface area contributed by atoms with Crippen LogP contribution in [0.15, 0.2) is 53.4 Å². The normalized spacial score (nSPS) is 15.4.